The number of hydrogen-bond acceptors (Lipinski definition) is 6. The highest BCUT2D eigenvalue weighted by atomic mass is 16.5. The molecule has 1 amide bonds. The average Bonchev–Trinajstić information content (AvgIpc) is 2.67. The molecule has 2 aromatic carbocycles. The molecule has 7 heteroatoms. The summed E-state index contributed by atoms with van der Waals surface area (Å²) in [5, 5.41) is 21.3. The van der Waals surface area contributed by atoms with Crippen LogP contribution >= 0.6 is 0 Å². The van der Waals surface area contributed by atoms with Crippen molar-refractivity contribution in [1.29, 1.82) is 5.26 Å². The molecule has 1 heterocycles. The molecule has 7 nitrogen and oxygen atoms in total. The number of hydrogen-bond donors (Lipinski definition) is 1. The van der Waals surface area contributed by atoms with E-state index in [9.17, 15) is 10.1 Å². The average molecular weight is 333 g/mol. The van der Waals surface area contributed by atoms with E-state index in [1.54, 1.807) is 19.2 Å². The molecule has 0 fully saturated rings. The van der Waals surface area contributed by atoms with E-state index in [0.29, 0.717) is 16.9 Å². The van der Waals surface area contributed by atoms with Crippen LogP contribution < -0.4 is 10.2 Å². The predicted octanol–water partition coefficient (Wildman–Crippen LogP) is 3.45. The van der Waals surface area contributed by atoms with Crippen LogP contribution in [0.15, 0.2) is 48.5 Å². The van der Waals surface area contributed by atoms with Gasteiger partial charge in [-0.25, -0.2) is 4.79 Å². The van der Waals surface area contributed by atoms with Gasteiger partial charge >= 0.3 is 6.09 Å². The number of fused-ring (bicyclic) bond motifs is 1. The molecule has 0 aliphatic carbocycles. The van der Waals surface area contributed by atoms with Crippen LogP contribution in [0.3, 0.4) is 0 Å². The minimum absolute atomic E-state index is 0.217. The number of anilines is 3. The normalized spacial score (nSPS) is 10.1. The number of carbonyl (C=O) groups excluding carboxylic acids is 1. The van der Waals surface area contributed by atoms with E-state index in [-0.39, 0.29) is 5.69 Å². The fraction of sp³-hybridized carbons (Fsp3) is 0.111. The molecule has 1 N–H and O–H groups in total. The molecule has 1 aromatic heterocycles. The van der Waals surface area contributed by atoms with Gasteiger partial charge in [0.05, 0.1) is 18.3 Å². The van der Waals surface area contributed by atoms with Crippen LogP contribution in [0.25, 0.3) is 10.9 Å². The van der Waals surface area contributed by atoms with Crippen molar-refractivity contribution in [2.24, 2.45) is 0 Å². The fourth-order valence-corrected chi connectivity index (χ4v) is 2.41. The van der Waals surface area contributed by atoms with Gasteiger partial charge in [-0.1, -0.05) is 18.2 Å². The van der Waals surface area contributed by atoms with Crippen LogP contribution in [0.1, 0.15) is 5.69 Å². The molecule has 0 unspecified atom stereocenters. The largest absolute Gasteiger partial charge is 0.452 e. The Morgan fingerprint density at radius 2 is 1.88 bits per heavy atom. The Bertz CT molecular complexity index is 963. The minimum Gasteiger partial charge on any atom is -0.452 e. The number of nitrogens with zero attached hydrogens (tertiary/aromatic N) is 4. The number of nitriles is 1. The second-order valence-corrected chi connectivity index (χ2v) is 5.25. The molecule has 3 aromatic rings. The first-order valence-corrected chi connectivity index (χ1v) is 7.48. The second kappa shape index (κ2) is 6.84. The maximum absolute atomic E-state index is 11.6. The van der Waals surface area contributed by atoms with Crippen LogP contribution in [0.4, 0.5) is 21.9 Å². The van der Waals surface area contributed by atoms with Gasteiger partial charge in [0.15, 0.2) is 5.69 Å². The lowest BCUT2D eigenvalue weighted by Crippen LogP contribution is -2.25. The number of rotatable bonds is 3. The number of nitrogens with one attached hydrogen (secondary N) is 1. The highest BCUT2D eigenvalue weighted by molar-refractivity contribution is 5.95. The highest BCUT2D eigenvalue weighted by Crippen LogP contribution is 2.28. The number of carbonyl (C=O) groups is 1. The molecule has 0 atom stereocenters. The third kappa shape index (κ3) is 3.19. The summed E-state index contributed by atoms with van der Waals surface area (Å²) in [4.78, 5) is 13.0. The van der Waals surface area contributed by atoms with E-state index >= 15 is 0 Å². The monoisotopic (exact) mass is 333 g/mol. The molecule has 25 heavy (non-hydrogen) atoms. The topological polar surface area (TPSA) is 91.1 Å². The van der Waals surface area contributed by atoms with Gasteiger partial charge in [0.25, 0.3) is 0 Å². The summed E-state index contributed by atoms with van der Waals surface area (Å²) in [5.74, 6) is 0. The first-order valence-electron chi connectivity index (χ1n) is 7.48. The van der Waals surface area contributed by atoms with Gasteiger partial charge in [0.1, 0.15) is 6.07 Å². The van der Waals surface area contributed by atoms with Crippen molar-refractivity contribution in [3.63, 3.8) is 0 Å². The van der Waals surface area contributed by atoms with Gasteiger partial charge in [-0.2, -0.15) is 5.26 Å². The molecule has 0 aliphatic rings. The number of benzene rings is 2. The summed E-state index contributed by atoms with van der Waals surface area (Å²) >= 11 is 0. The van der Waals surface area contributed by atoms with E-state index < -0.39 is 6.09 Å². The molecule has 0 aliphatic heterocycles. The number of aromatic nitrogens is 2. The third-order valence-corrected chi connectivity index (χ3v) is 3.75. The molecule has 3 rings (SSSR count). The Kier molecular flexibility index (Phi) is 4.44. The molecule has 0 radical (unpaired) electrons. The van der Waals surface area contributed by atoms with Crippen molar-refractivity contribution in [2.45, 2.75) is 0 Å². The summed E-state index contributed by atoms with van der Waals surface area (Å²) in [5.41, 5.74) is 2.97. The number of methoxy groups -OCH3 is 1. The molecule has 0 bridgehead atoms. The van der Waals surface area contributed by atoms with Crippen LogP contribution in [0, 0.1) is 11.3 Å². The summed E-state index contributed by atoms with van der Waals surface area (Å²) in [6.07, 6.45) is -0.447. The lowest BCUT2D eigenvalue weighted by atomic mass is 10.1. The van der Waals surface area contributed by atoms with E-state index in [1.807, 2.05) is 36.4 Å². The Morgan fingerprint density at radius 3 is 2.56 bits per heavy atom. The summed E-state index contributed by atoms with van der Waals surface area (Å²) < 4.78 is 4.69. The van der Waals surface area contributed by atoms with Gasteiger partial charge in [-0.3, -0.25) is 4.90 Å². The highest BCUT2D eigenvalue weighted by Gasteiger charge is 2.12. The third-order valence-electron chi connectivity index (χ3n) is 3.75. The van der Waals surface area contributed by atoms with Gasteiger partial charge in [0.2, 0.25) is 0 Å². The second-order valence-electron chi connectivity index (χ2n) is 5.25. The van der Waals surface area contributed by atoms with E-state index in [0.717, 1.165) is 11.1 Å². The van der Waals surface area contributed by atoms with Crippen LogP contribution in [0.5, 0.6) is 0 Å². The Hall–Kier alpha value is -3.66. The van der Waals surface area contributed by atoms with Crippen LogP contribution in [-0.4, -0.2) is 30.4 Å². The molecule has 124 valence electrons. The van der Waals surface area contributed by atoms with Gasteiger partial charge in [0, 0.05) is 23.8 Å². The summed E-state index contributed by atoms with van der Waals surface area (Å²) in [7, 11) is 2.96. The number of amides is 1. The van der Waals surface area contributed by atoms with E-state index in [4.69, 9.17) is 4.74 Å². The number of ether oxygens (including phenoxy) is 1. The molecule has 0 saturated carbocycles. The van der Waals surface area contributed by atoms with Crippen molar-refractivity contribution in [3.8, 4) is 6.07 Å². The van der Waals surface area contributed by atoms with Gasteiger partial charge in [-0.15, -0.1) is 10.2 Å². The zero-order valence-corrected chi connectivity index (χ0v) is 13.7. The lowest BCUT2D eigenvalue weighted by molar-refractivity contribution is 0.180. The smallest absolute Gasteiger partial charge is 0.413 e. The zero-order chi connectivity index (χ0) is 17.8. The van der Waals surface area contributed by atoms with Crippen molar-refractivity contribution >= 4 is 34.1 Å². The SMILES string of the molecule is COC(=O)N(C)c1ccc(Nc2c(C#N)nnc3ccccc23)cc1. The predicted molar refractivity (Wildman–Crippen MR) is 94.8 cm³/mol. The van der Waals surface area contributed by atoms with Crippen LogP contribution in [-0.2, 0) is 4.74 Å². The molecule has 0 saturated heterocycles. The standard InChI is InChI=1S/C18H15N5O2/c1-23(18(24)25-2)13-9-7-12(8-10-13)20-17-14-5-3-4-6-15(14)21-22-16(17)11-19/h3-10H,1-2H3,(H,20,21). The maximum atomic E-state index is 11.6. The zero-order valence-electron chi connectivity index (χ0n) is 13.7. The van der Waals surface area contributed by atoms with Gasteiger partial charge in [-0.05, 0) is 30.3 Å². The maximum Gasteiger partial charge on any atom is 0.413 e. The quantitative estimate of drug-likeness (QED) is 0.789. The molecular weight excluding hydrogens is 318 g/mol. The Balaban J connectivity index is 1.94. The Morgan fingerprint density at radius 1 is 1.16 bits per heavy atom. The van der Waals surface area contributed by atoms with E-state index in [1.165, 1.54) is 12.0 Å². The van der Waals surface area contributed by atoms with E-state index in [2.05, 4.69) is 21.6 Å². The fourth-order valence-electron chi connectivity index (χ4n) is 2.41. The first-order chi connectivity index (χ1) is 12.1. The first kappa shape index (κ1) is 16.2. The molecule has 0 spiro atoms. The van der Waals surface area contributed by atoms with Crippen molar-refractivity contribution in [2.75, 3.05) is 24.4 Å². The minimum atomic E-state index is -0.447. The lowest BCUT2D eigenvalue weighted by Gasteiger charge is -2.16. The van der Waals surface area contributed by atoms with Crippen molar-refractivity contribution < 1.29 is 9.53 Å². The Labute approximate surface area is 144 Å². The van der Waals surface area contributed by atoms with Crippen molar-refractivity contribution in [1.82, 2.24) is 10.2 Å². The molecular formula is C18H15N5O2. The summed E-state index contributed by atoms with van der Waals surface area (Å²) in [6, 6.07) is 16.7. The summed E-state index contributed by atoms with van der Waals surface area (Å²) in [6.45, 7) is 0. The van der Waals surface area contributed by atoms with Gasteiger partial charge < -0.3 is 10.1 Å². The van der Waals surface area contributed by atoms with Crippen molar-refractivity contribution in [3.05, 3.63) is 54.2 Å². The van der Waals surface area contributed by atoms with Crippen LogP contribution in [0.2, 0.25) is 0 Å².